The van der Waals surface area contributed by atoms with Gasteiger partial charge in [0.25, 0.3) is 0 Å². The molecule has 0 atom stereocenters. The second-order valence-corrected chi connectivity index (χ2v) is 7.69. The van der Waals surface area contributed by atoms with Crippen LogP contribution in [-0.2, 0) is 0 Å². The molecule has 1 aliphatic heterocycles. The minimum absolute atomic E-state index is 0.0222. The average Bonchev–Trinajstić information content (AvgIpc) is 3.33. The summed E-state index contributed by atoms with van der Waals surface area (Å²) in [7, 11) is 0. The van der Waals surface area contributed by atoms with Crippen LogP contribution in [0.25, 0.3) is 0 Å². The molecule has 7 heteroatoms. The summed E-state index contributed by atoms with van der Waals surface area (Å²) < 4.78 is 5.82. The molecule has 0 radical (unpaired) electrons. The fourth-order valence-corrected chi connectivity index (χ4v) is 3.76. The molecule has 1 saturated carbocycles. The number of halogens is 2. The van der Waals surface area contributed by atoms with E-state index in [4.69, 9.17) is 27.6 Å². The molecule has 1 saturated heterocycles. The lowest BCUT2D eigenvalue weighted by Gasteiger charge is -2.29. The van der Waals surface area contributed by atoms with E-state index in [9.17, 15) is 4.79 Å². The first-order chi connectivity index (χ1) is 12.1. The Morgan fingerprint density at radius 2 is 1.72 bits per heavy atom. The highest BCUT2D eigenvalue weighted by molar-refractivity contribution is 6.36. The van der Waals surface area contributed by atoms with E-state index >= 15 is 0 Å². The number of ketones is 1. The second-order valence-electron chi connectivity index (χ2n) is 6.85. The van der Waals surface area contributed by atoms with Crippen molar-refractivity contribution in [1.29, 1.82) is 0 Å². The maximum atomic E-state index is 12.5. The second kappa shape index (κ2) is 7.06. The van der Waals surface area contributed by atoms with Gasteiger partial charge in [-0.1, -0.05) is 23.2 Å². The van der Waals surface area contributed by atoms with E-state index in [2.05, 4.69) is 15.1 Å². The van der Waals surface area contributed by atoms with Crippen molar-refractivity contribution in [3.8, 4) is 0 Å². The molecule has 5 nitrogen and oxygen atoms in total. The summed E-state index contributed by atoms with van der Waals surface area (Å²) >= 11 is 12.0. The van der Waals surface area contributed by atoms with Crippen molar-refractivity contribution in [2.24, 2.45) is 0 Å². The van der Waals surface area contributed by atoms with Crippen LogP contribution in [0.2, 0.25) is 10.0 Å². The largest absolute Gasteiger partial charge is 0.425 e. The van der Waals surface area contributed by atoms with Gasteiger partial charge in [0.1, 0.15) is 0 Å². The standard InChI is InChI=1S/C18H19Cl2N3O2/c19-13-3-4-14(15(20)9-13)16(24)10-23-7-5-12(6-8-23)18-22-21-17(25-18)11-1-2-11/h3-4,9,11-12H,1-2,5-8,10H2. The van der Waals surface area contributed by atoms with E-state index in [1.54, 1.807) is 18.2 Å². The van der Waals surface area contributed by atoms with Crippen molar-refractivity contribution < 1.29 is 9.21 Å². The van der Waals surface area contributed by atoms with Gasteiger partial charge in [-0.3, -0.25) is 9.69 Å². The van der Waals surface area contributed by atoms with Crippen molar-refractivity contribution in [2.75, 3.05) is 19.6 Å². The molecule has 1 aliphatic carbocycles. The van der Waals surface area contributed by atoms with Gasteiger partial charge in [-0.25, -0.2) is 0 Å². The lowest BCUT2D eigenvalue weighted by molar-refractivity contribution is 0.0906. The molecule has 2 fully saturated rings. The number of Topliss-reactive ketones (excluding diaryl/α,β-unsaturated/α-hetero) is 1. The maximum Gasteiger partial charge on any atom is 0.219 e. The van der Waals surface area contributed by atoms with Crippen LogP contribution in [0, 0.1) is 0 Å². The highest BCUT2D eigenvalue weighted by Crippen LogP contribution is 2.40. The Balaban J connectivity index is 1.32. The Kier molecular flexibility index (Phi) is 4.80. The molecule has 0 spiro atoms. The molecule has 0 N–H and O–H groups in total. The van der Waals surface area contributed by atoms with Gasteiger partial charge in [-0.15, -0.1) is 10.2 Å². The van der Waals surface area contributed by atoms with Crippen LogP contribution in [-0.4, -0.2) is 40.5 Å². The van der Waals surface area contributed by atoms with Crippen molar-refractivity contribution in [3.05, 3.63) is 45.6 Å². The average molecular weight is 380 g/mol. The quantitative estimate of drug-likeness (QED) is 0.724. The van der Waals surface area contributed by atoms with E-state index in [1.807, 2.05) is 0 Å². The topological polar surface area (TPSA) is 59.2 Å². The SMILES string of the molecule is O=C(CN1CCC(c2nnc(C3CC3)o2)CC1)c1ccc(Cl)cc1Cl. The third-order valence-corrected chi connectivity index (χ3v) is 5.47. The van der Waals surface area contributed by atoms with Gasteiger partial charge >= 0.3 is 0 Å². The van der Waals surface area contributed by atoms with Gasteiger partial charge in [-0.05, 0) is 57.0 Å². The summed E-state index contributed by atoms with van der Waals surface area (Å²) in [5.74, 6) is 2.36. The van der Waals surface area contributed by atoms with Crippen molar-refractivity contribution in [1.82, 2.24) is 15.1 Å². The number of piperidine rings is 1. The number of likely N-dealkylation sites (tertiary alicyclic amines) is 1. The zero-order valence-electron chi connectivity index (χ0n) is 13.8. The highest BCUT2D eigenvalue weighted by atomic mass is 35.5. The number of benzene rings is 1. The fraction of sp³-hybridized carbons (Fsp3) is 0.500. The Labute approximate surface area is 156 Å². The summed E-state index contributed by atoms with van der Waals surface area (Å²) in [5, 5.41) is 9.33. The maximum absolute atomic E-state index is 12.5. The van der Waals surface area contributed by atoms with E-state index in [0.717, 1.165) is 50.6 Å². The molecule has 2 aromatic rings. The smallest absolute Gasteiger partial charge is 0.219 e. The number of carbonyl (C=O) groups excluding carboxylic acids is 1. The molecule has 0 bridgehead atoms. The van der Waals surface area contributed by atoms with Crippen molar-refractivity contribution >= 4 is 29.0 Å². The minimum atomic E-state index is 0.0222. The van der Waals surface area contributed by atoms with Gasteiger partial charge in [0, 0.05) is 22.4 Å². The Morgan fingerprint density at radius 3 is 2.32 bits per heavy atom. The van der Waals surface area contributed by atoms with Gasteiger partial charge in [0.15, 0.2) is 5.78 Å². The molecule has 4 rings (SSSR count). The normalized spacial score (nSPS) is 19.3. The van der Waals surface area contributed by atoms with E-state index in [1.165, 1.54) is 0 Å². The van der Waals surface area contributed by atoms with Gasteiger partial charge in [0.05, 0.1) is 11.6 Å². The number of nitrogens with zero attached hydrogens (tertiary/aromatic N) is 3. The Bertz CT molecular complexity index is 780. The van der Waals surface area contributed by atoms with Crippen LogP contribution >= 0.6 is 23.2 Å². The zero-order chi connectivity index (χ0) is 17.4. The lowest BCUT2D eigenvalue weighted by atomic mass is 9.96. The molecule has 0 unspecified atom stereocenters. The van der Waals surface area contributed by atoms with Crippen molar-refractivity contribution in [2.45, 2.75) is 37.5 Å². The molecule has 1 aromatic carbocycles. The molecular weight excluding hydrogens is 361 g/mol. The third-order valence-electron chi connectivity index (χ3n) is 4.92. The molecule has 0 amide bonds. The summed E-state index contributed by atoms with van der Waals surface area (Å²) in [6, 6.07) is 4.99. The number of hydrogen-bond acceptors (Lipinski definition) is 5. The van der Waals surface area contributed by atoms with Gasteiger partial charge in [0.2, 0.25) is 11.8 Å². The highest BCUT2D eigenvalue weighted by Gasteiger charge is 2.32. The Morgan fingerprint density at radius 1 is 1.08 bits per heavy atom. The van der Waals surface area contributed by atoms with Gasteiger partial charge < -0.3 is 4.42 Å². The van der Waals surface area contributed by atoms with Crippen LogP contribution in [0.4, 0.5) is 0 Å². The fourth-order valence-electron chi connectivity index (χ4n) is 3.25. The molecule has 1 aromatic heterocycles. The number of rotatable bonds is 5. The number of aromatic nitrogens is 2. The summed E-state index contributed by atoms with van der Waals surface area (Å²) in [6.45, 7) is 2.04. The van der Waals surface area contributed by atoms with E-state index < -0.39 is 0 Å². The first-order valence-corrected chi connectivity index (χ1v) is 9.39. The summed E-state index contributed by atoms with van der Waals surface area (Å²) in [5.41, 5.74) is 0.527. The predicted octanol–water partition coefficient (Wildman–Crippen LogP) is 4.32. The minimum Gasteiger partial charge on any atom is -0.425 e. The third kappa shape index (κ3) is 3.89. The first kappa shape index (κ1) is 17.0. The van der Waals surface area contributed by atoms with Crippen molar-refractivity contribution in [3.63, 3.8) is 0 Å². The number of carbonyl (C=O) groups is 1. The van der Waals surface area contributed by atoms with Crippen LogP contribution in [0.1, 0.15) is 59.7 Å². The first-order valence-electron chi connectivity index (χ1n) is 8.64. The summed E-state index contributed by atoms with van der Waals surface area (Å²) in [4.78, 5) is 14.6. The van der Waals surface area contributed by atoms with Gasteiger partial charge in [-0.2, -0.15) is 0 Å². The number of hydrogen-bond donors (Lipinski definition) is 0. The monoisotopic (exact) mass is 379 g/mol. The van der Waals surface area contributed by atoms with E-state index in [0.29, 0.717) is 34.0 Å². The van der Waals surface area contributed by atoms with Crippen LogP contribution in [0.15, 0.2) is 22.6 Å². The van der Waals surface area contributed by atoms with E-state index in [-0.39, 0.29) is 5.78 Å². The molecule has 132 valence electrons. The molecule has 2 heterocycles. The lowest BCUT2D eigenvalue weighted by Crippen LogP contribution is -2.37. The molecular formula is C18H19Cl2N3O2. The van der Waals surface area contributed by atoms with Crippen LogP contribution < -0.4 is 0 Å². The van der Waals surface area contributed by atoms with Crippen LogP contribution in [0.3, 0.4) is 0 Å². The molecule has 2 aliphatic rings. The molecule has 25 heavy (non-hydrogen) atoms. The van der Waals surface area contributed by atoms with Crippen LogP contribution in [0.5, 0.6) is 0 Å². The Hall–Kier alpha value is -1.43. The zero-order valence-corrected chi connectivity index (χ0v) is 15.3. The summed E-state index contributed by atoms with van der Waals surface area (Å²) in [6.07, 6.45) is 4.17. The predicted molar refractivity (Wildman–Crippen MR) is 95.5 cm³/mol.